The van der Waals surface area contributed by atoms with E-state index in [0.717, 1.165) is 18.8 Å². The van der Waals surface area contributed by atoms with Crippen molar-refractivity contribution in [1.29, 1.82) is 0 Å². The molecule has 1 aromatic heterocycles. The van der Waals surface area contributed by atoms with Crippen LogP contribution in [0.15, 0.2) is 6.33 Å². The van der Waals surface area contributed by atoms with Gasteiger partial charge in [-0.2, -0.15) is 5.10 Å². The summed E-state index contributed by atoms with van der Waals surface area (Å²) in [4.78, 5) is 4.32. The lowest BCUT2D eigenvalue weighted by Gasteiger charge is -2.33. The van der Waals surface area contributed by atoms with E-state index in [1.807, 2.05) is 4.68 Å². The van der Waals surface area contributed by atoms with E-state index < -0.39 is 0 Å². The Hall–Kier alpha value is -0.900. The fourth-order valence-corrected chi connectivity index (χ4v) is 2.03. The maximum Gasteiger partial charge on any atom is 0.138 e. The van der Waals surface area contributed by atoms with Crippen LogP contribution < -0.4 is 5.73 Å². The number of rotatable bonds is 4. The Morgan fingerprint density at radius 1 is 1.53 bits per heavy atom. The Kier molecular flexibility index (Phi) is 3.05. The van der Waals surface area contributed by atoms with Gasteiger partial charge in [-0.1, -0.05) is 13.8 Å². The molecule has 1 fully saturated rings. The number of hydrogen-bond acceptors (Lipinski definition) is 3. The molecular weight excluding hydrogens is 188 g/mol. The van der Waals surface area contributed by atoms with Gasteiger partial charge in [0.25, 0.3) is 0 Å². The second-order valence-corrected chi connectivity index (χ2v) is 4.96. The summed E-state index contributed by atoms with van der Waals surface area (Å²) < 4.78 is 2.02. The lowest BCUT2D eigenvalue weighted by Crippen LogP contribution is -2.41. The Balaban J connectivity index is 1.98. The lowest BCUT2D eigenvalue weighted by atomic mass is 9.78. The molecule has 2 N–H and O–H groups in total. The van der Waals surface area contributed by atoms with Crippen LogP contribution in [0.2, 0.25) is 0 Å². The molecule has 4 heteroatoms. The van der Waals surface area contributed by atoms with Crippen molar-refractivity contribution in [2.45, 2.75) is 45.7 Å². The van der Waals surface area contributed by atoms with E-state index in [0.29, 0.717) is 17.9 Å². The van der Waals surface area contributed by atoms with E-state index >= 15 is 0 Å². The highest BCUT2D eigenvalue weighted by molar-refractivity contribution is 4.94. The summed E-state index contributed by atoms with van der Waals surface area (Å²) in [5.74, 6) is 2.34. The number of aromatic nitrogens is 3. The molecule has 1 aliphatic rings. The van der Waals surface area contributed by atoms with Crippen LogP contribution in [-0.2, 0) is 13.0 Å². The predicted octanol–water partition coefficient (Wildman–Crippen LogP) is 1.21. The summed E-state index contributed by atoms with van der Waals surface area (Å²) in [6, 6.07) is 0.384. The summed E-state index contributed by atoms with van der Waals surface area (Å²) in [6.07, 6.45) is 5.06. The van der Waals surface area contributed by atoms with E-state index in [2.05, 4.69) is 23.9 Å². The van der Waals surface area contributed by atoms with Gasteiger partial charge in [0.15, 0.2) is 0 Å². The SMILES string of the molecule is CC(C)Cn1ncnc1CC1CCC1N. The summed E-state index contributed by atoms with van der Waals surface area (Å²) in [6.45, 7) is 5.35. The molecule has 1 heterocycles. The lowest BCUT2D eigenvalue weighted by molar-refractivity contribution is 0.247. The van der Waals surface area contributed by atoms with Gasteiger partial charge in [-0.05, 0) is 24.7 Å². The summed E-state index contributed by atoms with van der Waals surface area (Å²) >= 11 is 0. The van der Waals surface area contributed by atoms with Crippen molar-refractivity contribution in [3.8, 4) is 0 Å². The smallest absolute Gasteiger partial charge is 0.138 e. The standard InChI is InChI=1S/C11H20N4/c1-8(2)6-15-11(13-7-14-15)5-9-3-4-10(9)12/h7-10H,3-6,12H2,1-2H3. The molecule has 0 aliphatic heterocycles. The minimum absolute atomic E-state index is 0.384. The molecule has 2 rings (SSSR count). The second kappa shape index (κ2) is 4.31. The average molecular weight is 208 g/mol. The van der Waals surface area contributed by atoms with Gasteiger partial charge < -0.3 is 5.73 Å². The Bertz CT molecular complexity index is 318. The van der Waals surface area contributed by atoms with Gasteiger partial charge >= 0.3 is 0 Å². The summed E-state index contributed by atoms with van der Waals surface area (Å²) in [5, 5.41) is 4.26. The molecule has 0 saturated heterocycles. The van der Waals surface area contributed by atoms with Crippen molar-refractivity contribution in [3.05, 3.63) is 12.2 Å². The Labute approximate surface area is 90.9 Å². The summed E-state index contributed by atoms with van der Waals surface area (Å²) in [5.41, 5.74) is 5.93. The molecule has 0 aromatic carbocycles. The van der Waals surface area contributed by atoms with Gasteiger partial charge in [-0.15, -0.1) is 0 Å². The molecule has 2 atom stereocenters. The zero-order valence-electron chi connectivity index (χ0n) is 9.56. The molecule has 0 amide bonds. The third-order valence-electron chi connectivity index (χ3n) is 3.15. The van der Waals surface area contributed by atoms with Crippen LogP contribution in [0.3, 0.4) is 0 Å². The van der Waals surface area contributed by atoms with Crippen LogP contribution in [0.1, 0.15) is 32.5 Å². The predicted molar refractivity (Wildman–Crippen MR) is 59.3 cm³/mol. The first kappa shape index (κ1) is 10.6. The van der Waals surface area contributed by atoms with E-state index in [-0.39, 0.29) is 0 Å². The van der Waals surface area contributed by atoms with E-state index in [1.54, 1.807) is 6.33 Å². The number of nitrogens with two attached hydrogens (primary N) is 1. The van der Waals surface area contributed by atoms with E-state index in [4.69, 9.17) is 5.73 Å². The highest BCUT2D eigenvalue weighted by Gasteiger charge is 2.28. The van der Waals surface area contributed by atoms with Gasteiger partial charge in [-0.25, -0.2) is 9.67 Å². The third-order valence-corrected chi connectivity index (χ3v) is 3.15. The van der Waals surface area contributed by atoms with Gasteiger partial charge in [-0.3, -0.25) is 0 Å². The van der Waals surface area contributed by atoms with Gasteiger partial charge in [0.2, 0.25) is 0 Å². The van der Waals surface area contributed by atoms with Crippen molar-refractivity contribution in [1.82, 2.24) is 14.8 Å². The molecule has 1 saturated carbocycles. The number of hydrogen-bond donors (Lipinski definition) is 1. The molecule has 84 valence electrons. The number of nitrogens with zero attached hydrogens (tertiary/aromatic N) is 3. The third kappa shape index (κ3) is 2.37. The fraction of sp³-hybridized carbons (Fsp3) is 0.818. The maximum atomic E-state index is 5.93. The molecular formula is C11H20N4. The normalized spacial score (nSPS) is 25.6. The quantitative estimate of drug-likeness (QED) is 0.809. The second-order valence-electron chi connectivity index (χ2n) is 4.96. The van der Waals surface area contributed by atoms with E-state index in [9.17, 15) is 0 Å². The molecule has 0 bridgehead atoms. The first-order valence-electron chi connectivity index (χ1n) is 5.79. The zero-order valence-corrected chi connectivity index (χ0v) is 9.56. The summed E-state index contributed by atoms with van der Waals surface area (Å²) in [7, 11) is 0. The average Bonchev–Trinajstić information content (AvgIpc) is 2.58. The molecule has 2 unspecified atom stereocenters. The molecule has 4 nitrogen and oxygen atoms in total. The van der Waals surface area contributed by atoms with Crippen LogP contribution in [0.4, 0.5) is 0 Å². The highest BCUT2D eigenvalue weighted by atomic mass is 15.3. The largest absolute Gasteiger partial charge is 0.327 e. The van der Waals surface area contributed by atoms with Crippen molar-refractivity contribution in [2.75, 3.05) is 0 Å². The molecule has 1 aliphatic carbocycles. The maximum absolute atomic E-state index is 5.93. The van der Waals surface area contributed by atoms with Crippen LogP contribution in [0, 0.1) is 11.8 Å². The topological polar surface area (TPSA) is 56.7 Å². The Morgan fingerprint density at radius 3 is 2.87 bits per heavy atom. The minimum atomic E-state index is 0.384. The van der Waals surface area contributed by atoms with Crippen molar-refractivity contribution in [3.63, 3.8) is 0 Å². The molecule has 15 heavy (non-hydrogen) atoms. The molecule has 1 aromatic rings. The zero-order chi connectivity index (χ0) is 10.8. The van der Waals surface area contributed by atoms with Crippen molar-refractivity contribution < 1.29 is 0 Å². The van der Waals surface area contributed by atoms with Crippen molar-refractivity contribution in [2.24, 2.45) is 17.6 Å². The van der Waals surface area contributed by atoms with Crippen LogP contribution >= 0.6 is 0 Å². The van der Waals surface area contributed by atoms with Crippen molar-refractivity contribution >= 4 is 0 Å². The minimum Gasteiger partial charge on any atom is -0.327 e. The van der Waals surface area contributed by atoms with Crippen LogP contribution in [0.25, 0.3) is 0 Å². The first-order chi connectivity index (χ1) is 7.16. The highest BCUT2D eigenvalue weighted by Crippen LogP contribution is 2.28. The molecule has 0 spiro atoms. The van der Waals surface area contributed by atoms with Crippen LogP contribution in [0.5, 0.6) is 0 Å². The van der Waals surface area contributed by atoms with E-state index in [1.165, 1.54) is 12.8 Å². The van der Waals surface area contributed by atoms with Gasteiger partial charge in [0.05, 0.1) is 0 Å². The fourth-order valence-electron chi connectivity index (χ4n) is 2.03. The first-order valence-corrected chi connectivity index (χ1v) is 5.79. The van der Waals surface area contributed by atoms with Gasteiger partial charge in [0.1, 0.15) is 12.2 Å². The van der Waals surface area contributed by atoms with Gasteiger partial charge in [0, 0.05) is 19.0 Å². The Morgan fingerprint density at radius 2 is 2.33 bits per heavy atom. The molecule has 0 radical (unpaired) electrons. The van der Waals surface area contributed by atoms with Crippen LogP contribution in [-0.4, -0.2) is 20.8 Å². The monoisotopic (exact) mass is 208 g/mol.